The van der Waals surface area contributed by atoms with Crippen LogP contribution in [0.15, 0.2) is 42.5 Å². The van der Waals surface area contributed by atoms with Crippen molar-refractivity contribution in [2.45, 2.75) is 25.3 Å². The molecule has 0 bridgehead atoms. The maximum Gasteiger partial charge on any atom is 0.171 e. The van der Waals surface area contributed by atoms with Crippen LogP contribution in [-0.4, -0.2) is 12.2 Å². The quantitative estimate of drug-likeness (QED) is 0.788. The molecule has 2 aromatic rings. The number of hydrogen-bond donors (Lipinski definition) is 2. The summed E-state index contributed by atoms with van der Waals surface area (Å²) in [6.45, 7) is 0. The third kappa shape index (κ3) is 3.77. The van der Waals surface area contributed by atoms with Gasteiger partial charge in [0.1, 0.15) is 5.75 Å². The number of aryl methyl sites for hydroxylation is 1. The molecule has 3 nitrogen and oxygen atoms in total. The number of methoxy groups -OCH3 is 1. The summed E-state index contributed by atoms with van der Waals surface area (Å²) in [7, 11) is 1.70. The Morgan fingerprint density at radius 1 is 1.26 bits per heavy atom. The number of anilines is 1. The molecule has 2 N–H and O–H groups in total. The molecule has 2 aromatic carbocycles. The molecule has 1 aliphatic rings. The maximum atomic E-state index is 6.16. The summed E-state index contributed by atoms with van der Waals surface area (Å²) in [6, 6.07) is 14.0. The zero-order valence-electron chi connectivity index (χ0n) is 12.9. The minimum absolute atomic E-state index is 0.215. The number of fused-ring (bicyclic) bond motifs is 1. The van der Waals surface area contributed by atoms with Crippen molar-refractivity contribution in [3.8, 4) is 5.75 Å². The lowest BCUT2D eigenvalue weighted by Crippen LogP contribution is -2.34. The van der Waals surface area contributed by atoms with Gasteiger partial charge in [-0.05, 0) is 66.9 Å². The Hall–Kier alpha value is -1.78. The van der Waals surface area contributed by atoms with E-state index in [0.717, 1.165) is 30.7 Å². The van der Waals surface area contributed by atoms with Gasteiger partial charge in [0.15, 0.2) is 5.11 Å². The van der Waals surface area contributed by atoms with Gasteiger partial charge in [0.2, 0.25) is 0 Å². The highest BCUT2D eigenvalue weighted by Crippen LogP contribution is 2.32. The van der Waals surface area contributed by atoms with Gasteiger partial charge in [0, 0.05) is 0 Å². The monoisotopic (exact) mass is 346 g/mol. The average Bonchev–Trinajstić information content (AvgIpc) is 2.56. The number of thiocarbonyl (C=S) groups is 1. The highest BCUT2D eigenvalue weighted by Gasteiger charge is 2.21. The van der Waals surface area contributed by atoms with Crippen molar-refractivity contribution in [1.29, 1.82) is 0 Å². The number of hydrogen-bond acceptors (Lipinski definition) is 2. The smallest absolute Gasteiger partial charge is 0.171 e. The Morgan fingerprint density at radius 2 is 2.09 bits per heavy atom. The van der Waals surface area contributed by atoms with Gasteiger partial charge in [0.25, 0.3) is 0 Å². The molecule has 0 aromatic heterocycles. The number of benzene rings is 2. The van der Waals surface area contributed by atoms with E-state index in [4.69, 9.17) is 28.6 Å². The highest BCUT2D eigenvalue weighted by atomic mass is 35.5. The van der Waals surface area contributed by atoms with E-state index in [1.807, 2.05) is 30.3 Å². The summed E-state index contributed by atoms with van der Waals surface area (Å²) < 4.78 is 5.32. The predicted octanol–water partition coefficient (Wildman–Crippen LogP) is 4.71. The molecule has 0 unspecified atom stereocenters. The summed E-state index contributed by atoms with van der Waals surface area (Å²) in [6.07, 6.45) is 3.27. The minimum Gasteiger partial charge on any atom is -0.497 e. The fourth-order valence-electron chi connectivity index (χ4n) is 2.95. The fourth-order valence-corrected chi connectivity index (χ4v) is 3.38. The molecule has 0 amide bonds. The SMILES string of the molecule is COc1ccc2c(c1)CCC[C@@H]2NC(=S)Nc1ccccc1Cl. The summed E-state index contributed by atoms with van der Waals surface area (Å²) in [4.78, 5) is 0. The van der Waals surface area contributed by atoms with E-state index in [0.29, 0.717) is 10.1 Å². The first-order valence-electron chi connectivity index (χ1n) is 7.66. The third-order valence-electron chi connectivity index (χ3n) is 4.09. The first kappa shape index (κ1) is 16.1. The second kappa shape index (κ2) is 7.20. The normalized spacial score (nSPS) is 16.3. The van der Waals surface area contributed by atoms with Crippen LogP contribution in [0.1, 0.15) is 30.0 Å². The number of halogens is 1. The van der Waals surface area contributed by atoms with E-state index in [-0.39, 0.29) is 6.04 Å². The minimum atomic E-state index is 0.215. The molecule has 3 rings (SSSR count). The van der Waals surface area contributed by atoms with Crippen molar-refractivity contribution < 1.29 is 4.74 Å². The van der Waals surface area contributed by atoms with Gasteiger partial charge < -0.3 is 15.4 Å². The van der Waals surface area contributed by atoms with Gasteiger partial charge in [-0.25, -0.2) is 0 Å². The fraction of sp³-hybridized carbons (Fsp3) is 0.278. The van der Waals surface area contributed by atoms with Gasteiger partial charge in [-0.2, -0.15) is 0 Å². The van der Waals surface area contributed by atoms with Crippen LogP contribution in [0.25, 0.3) is 0 Å². The summed E-state index contributed by atoms with van der Waals surface area (Å²) >= 11 is 11.6. The zero-order chi connectivity index (χ0) is 16.2. The van der Waals surface area contributed by atoms with Gasteiger partial charge in [0.05, 0.1) is 23.9 Å². The summed E-state index contributed by atoms with van der Waals surface area (Å²) in [5.74, 6) is 0.904. The molecule has 1 atom stereocenters. The molecule has 0 radical (unpaired) electrons. The van der Waals surface area contributed by atoms with E-state index in [2.05, 4.69) is 22.8 Å². The average molecular weight is 347 g/mol. The summed E-state index contributed by atoms with van der Waals surface area (Å²) in [5.41, 5.74) is 3.44. The van der Waals surface area contributed by atoms with E-state index < -0.39 is 0 Å². The van der Waals surface area contributed by atoms with Crippen LogP contribution < -0.4 is 15.4 Å². The Kier molecular flexibility index (Phi) is 5.03. The lowest BCUT2D eigenvalue weighted by Gasteiger charge is -2.28. The van der Waals surface area contributed by atoms with Gasteiger partial charge >= 0.3 is 0 Å². The van der Waals surface area contributed by atoms with Crippen molar-refractivity contribution in [3.05, 3.63) is 58.6 Å². The highest BCUT2D eigenvalue weighted by molar-refractivity contribution is 7.80. The van der Waals surface area contributed by atoms with Crippen LogP contribution in [0.4, 0.5) is 5.69 Å². The number of ether oxygens (including phenoxy) is 1. The van der Waals surface area contributed by atoms with Crippen molar-refractivity contribution >= 4 is 34.6 Å². The predicted molar refractivity (Wildman–Crippen MR) is 99.5 cm³/mol. The first-order valence-corrected chi connectivity index (χ1v) is 8.45. The molecule has 0 fully saturated rings. The Bertz CT molecular complexity index is 720. The third-order valence-corrected chi connectivity index (χ3v) is 4.64. The number of rotatable bonds is 3. The van der Waals surface area contributed by atoms with E-state index in [1.54, 1.807) is 7.11 Å². The Labute approximate surface area is 147 Å². The largest absolute Gasteiger partial charge is 0.497 e. The topological polar surface area (TPSA) is 33.3 Å². The lowest BCUT2D eigenvalue weighted by molar-refractivity contribution is 0.412. The number of nitrogens with one attached hydrogen (secondary N) is 2. The van der Waals surface area contributed by atoms with Crippen LogP contribution in [0.2, 0.25) is 5.02 Å². The first-order chi connectivity index (χ1) is 11.2. The lowest BCUT2D eigenvalue weighted by atomic mass is 9.87. The van der Waals surface area contributed by atoms with E-state index >= 15 is 0 Å². The molecule has 0 saturated heterocycles. The Morgan fingerprint density at radius 3 is 2.87 bits per heavy atom. The van der Waals surface area contributed by atoms with Crippen LogP contribution in [-0.2, 0) is 6.42 Å². The molecule has 5 heteroatoms. The van der Waals surface area contributed by atoms with Gasteiger partial charge in [-0.1, -0.05) is 29.8 Å². The number of para-hydroxylation sites is 1. The zero-order valence-corrected chi connectivity index (χ0v) is 14.5. The molecule has 120 valence electrons. The second-order valence-electron chi connectivity index (χ2n) is 5.59. The van der Waals surface area contributed by atoms with Crippen molar-refractivity contribution in [2.75, 3.05) is 12.4 Å². The molecule has 0 spiro atoms. The van der Waals surface area contributed by atoms with E-state index in [9.17, 15) is 0 Å². The maximum absolute atomic E-state index is 6.16. The van der Waals surface area contributed by atoms with Crippen molar-refractivity contribution in [3.63, 3.8) is 0 Å². The van der Waals surface area contributed by atoms with Crippen LogP contribution in [0.5, 0.6) is 5.75 Å². The Balaban J connectivity index is 1.72. The van der Waals surface area contributed by atoms with E-state index in [1.165, 1.54) is 11.1 Å². The van der Waals surface area contributed by atoms with Crippen LogP contribution in [0, 0.1) is 0 Å². The van der Waals surface area contributed by atoms with Crippen LogP contribution in [0.3, 0.4) is 0 Å². The second-order valence-corrected chi connectivity index (χ2v) is 6.40. The van der Waals surface area contributed by atoms with Crippen molar-refractivity contribution in [1.82, 2.24) is 5.32 Å². The summed E-state index contributed by atoms with van der Waals surface area (Å²) in [5, 5.41) is 7.83. The molecule has 1 aliphatic carbocycles. The molecule has 0 heterocycles. The molecular formula is C18H19ClN2OS. The molecule has 0 saturated carbocycles. The van der Waals surface area contributed by atoms with Gasteiger partial charge in [-0.3, -0.25) is 0 Å². The standard InChI is InChI=1S/C18H19ClN2OS/c1-22-13-9-10-14-12(11-13)5-4-8-16(14)20-18(23)21-17-7-3-2-6-15(17)19/h2-3,6-7,9-11,16H,4-5,8H2,1H3,(H2,20,21,23)/t16-/m0/s1. The van der Waals surface area contributed by atoms with Gasteiger partial charge in [-0.15, -0.1) is 0 Å². The van der Waals surface area contributed by atoms with Crippen molar-refractivity contribution in [2.24, 2.45) is 0 Å². The van der Waals surface area contributed by atoms with Crippen LogP contribution >= 0.6 is 23.8 Å². The molecule has 0 aliphatic heterocycles. The molecular weight excluding hydrogens is 328 g/mol. The molecule has 23 heavy (non-hydrogen) atoms.